The molecule has 1 atom stereocenters. The highest BCUT2D eigenvalue weighted by atomic mass is 35.5. The predicted octanol–water partition coefficient (Wildman–Crippen LogP) is 3.94. The summed E-state index contributed by atoms with van der Waals surface area (Å²) in [5, 5.41) is 0.636. The molecule has 0 bridgehead atoms. The maximum Gasteiger partial charge on any atom is 0.268 e. The Balaban J connectivity index is 1.85. The maximum absolute atomic E-state index is 13.6. The average Bonchev–Trinajstić information content (AvgIpc) is 3.15. The van der Waals surface area contributed by atoms with Crippen molar-refractivity contribution in [2.24, 2.45) is 0 Å². The van der Waals surface area contributed by atoms with Crippen molar-refractivity contribution in [3.05, 3.63) is 64.2 Å². The number of fused-ring (bicyclic) bond motifs is 2. The van der Waals surface area contributed by atoms with Crippen molar-refractivity contribution < 1.29 is 9.59 Å². The van der Waals surface area contributed by atoms with Gasteiger partial charge in [-0.15, -0.1) is 11.8 Å². The van der Waals surface area contributed by atoms with Crippen LogP contribution >= 0.6 is 23.4 Å². The van der Waals surface area contributed by atoms with Gasteiger partial charge >= 0.3 is 0 Å². The topological polar surface area (TPSA) is 40.6 Å². The van der Waals surface area contributed by atoms with Gasteiger partial charge in [-0.2, -0.15) is 0 Å². The average molecular weight is 387 g/mol. The molecule has 6 heteroatoms. The highest BCUT2D eigenvalue weighted by Crippen LogP contribution is 2.54. The summed E-state index contributed by atoms with van der Waals surface area (Å²) in [4.78, 5) is 28.4. The van der Waals surface area contributed by atoms with Crippen LogP contribution in [-0.2, 0) is 21.0 Å². The van der Waals surface area contributed by atoms with Crippen LogP contribution in [0.25, 0.3) is 0 Å². The van der Waals surface area contributed by atoms with Crippen LogP contribution in [0.1, 0.15) is 23.6 Å². The van der Waals surface area contributed by atoms with Gasteiger partial charge in [0.25, 0.3) is 5.91 Å². The Morgan fingerprint density at radius 2 is 2.04 bits per heavy atom. The van der Waals surface area contributed by atoms with Gasteiger partial charge in [0.1, 0.15) is 0 Å². The summed E-state index contributed by atoms with van der Waals surface area (Å²) >= 11 is 7.87. The van der Waals surface area contributed by atoms with Crippen molar-refractivity contribution in [2.45, 2.75) is 25.3 Å². The van der Waals surface area contributed by atoms with Crippen LogP contribution in [0.4, 0.5) is 5.69 Å². The first kappa shape index (κ1) is 17.4. The van der Waals surface area contributed by atoms with Gasteiger partial charge in [0.15, 0.2) is 4.87 Å². The van der Waals surface area contributed by atoms with Crippen molar-refractivity contribution >= 4 is 40.9 Å². The van der Waals surface area contributed by atoms with Gasteiger partial charge in [0, 0.05) is 29.8 Å². The number of halogens is 1. The zero-order valence-corrected chi connectivity index (χ0v) is 16.2. The molecule has 0 aliphatic carbocycles. The number of hydrogen-bond donors (Lipinski definition) is 0. The minimum absolute atomic E-state index is 0.0595. The van der Waals surface area contributed by atoms with E-state index in [1.807, 2.05) is 49.4 Å². The summed E-state index contributed by atoms with van der Waals surface area (Å²) in [5.41, 5.74) is 3.74. The van der Waals surface area contributed by atoms with Gasteiger partial charge in [0.05, 0.1) is 12.2 Å². The van der Waals surface area contributed by atoms with Gasteiger partial charge in [0.2, 0.25) is 5.91 Å². The molecule has 2 aromatic carbocycles. The molecule has 2 aliphatic heterocycles. The first-order valence-corrected chi connectivity index (χ1v) is 9.90. The number of amides is 2. The number of aryl methyl sites for hydroxylation is 1. The summed E-state index contributed by atoms with van der Waals surface area (Å²) in [6.07, 6.45) is 0. The zero-order chi connectivity index (χ0) is 18.5. The Hall–Kier alpha value is -1.98. The summed E-state index contributed by atoms with van der Waals surface area (Å²) in [6.45, 7) is 4.52. The van der Waals surface area contributed by atoms with Crippen LogP contribution in [0, 0.1) is 6.92 Å². The lowest BCUT2D eigenvalue weighted by Crippen LogP contribution is -2.49. The number of rotatable bonds is 2. The molecule has 2 amide bonds. The predicted molar refractivity (Wildman–Crippen MR) is 105 cm³/mol. The summed E-state index contributed by atoms with van der Waals surface area (Å²) in [7, 11) is 0. The second kappa shape index (κ2) is 6.32. The molecule has 0 radical (unpaired) electrons. The van der Waals surface area contributed by atoms with E-state index >= 15 is 0 Å². The lowest BCUT2D eigenvalue weighted by molar-refractivity contribution is -0.138. The fourth-order valence-electron chi connectivity index (χ4n) is 3.82. The number of carbonyl (C=O) groups is 2. The van der Waals surface area contributed by atoms with Crippen molar-refractivity contribution in [1.29, 1.82) is 0 Å². The lowest BCUT2D eigenvalue weighted by atomic mass is 10.0. The molecule has 2 aliphatic rings. The number of nitrogens with zero attached hydrogens (tertiary/aromatic N) is 2. The van der Waals surface area contributed by atoms with E-state index in [1.165, 1.54) is 6.92 Å². The SMILES string of the molecule is CC(=O)N1CCS[C@@]12C(=O)N(Cc1ccccc1Cl)c1ccc(C)cc12. The van der Waals surface area contributed by atoms with E-state index in [-0.39, 0.29) is 11.8 Å². The Labute approximate surface area is 162 Å². The monoisotopic (exact) mass is 386 g/mol. The standard InChI is InChI=1S/C20H19ClN2O2S/c1-13-7-8-18-16(11-13)20(23(14(2)24)9-10-26-20)19(25)22(18)12-15-5-3-4-6-17(15)21/h3-8,11H,9-10,12H2,1-2H3/t20-/m0/s1. The van der Waals surface area contributed by atoms with Gasteiger partial charge in [-0.3, -0.25) is 9.59 Å². The fraction of sp³-hybridized carbons (Fsp3) is 0.300. The van der Waals surface area contributed by atoms with Crippen LogP contribution in [0.3, 0.4) is 0 Å². The van der Waals surface area contributed by atoms with Crippen molar-refractivity contribution in [3.8, 4) is 0 Å². The van der Waals surface area contributed by atoms with Gasteiger partial charge < -0.3 is 9.80 Å². The maximum atomic E-state index is 13.6. The number of carbonyl (C=O) groups excluding carboxylic acids is 2. The quantitative estimate of drug-likeness (QED) is 0.784. The summed E-state index contributed by atoms with van der Waals surface area (Å²) < 4.78 is 0. The van der Waals surface area contributed by atoms with Crippen LogP contribution < -0.4 is 4.90 Å². The number of anilines is 1. The highest BCUT2D eigenvalue weighted by molar-refractivity contribution is 8.01. The lowest BCUT2D eigenvalue weighted by Gasteiger charge is -2.32. The third-order valence-electron chi connectivity index (χ3n) is 5.02. The molecule has 4 rings (SSSR count). The van der Waals surface area contributed by atoms with Crippen molar-refractivity contribution in [3.63, 3.8) is 0 Å². The molecule has 0 aromatic heterocycles. The third-order valence-corrected chi connectivity index (χ3v) is 6.80. The number of thioether (sulfide) groups is 1. The molecule has 1 fully saturated rings. The van der Waals surface area contributed by atoms with Gasteiger partial charge in [-0.05, 0) is 24.6 Å². The number of benzene rings is 2. The molecular weight excluding hydrogens is 368 g/mol. The van der Waals surface area contributed by atoms with Gasteiger partial charge in [-0.1, -0.05) is 47.5 Å². The summed E-state index contributed by atoms with van der Waals surface area (Å²) in [6, 6.07) is 13.6. The zero-order valence-electron chi connectivity index (χ0n) is 14.7. The van der Waals surface area contributed by atoms with Crippen LogP contribution in [-0.4, -0.2) is 29.0 Å². The van der Waals surface area contributed by atoms with Gasteiger partial charge in [-0.25, -0.2) is 0 Å². The largest absolute Gasteiger partial charge is 0.315 e. The van der Waals surface area contributed by atoms with E-state index in [1.54, 1.807) is 21.6 Å². The molecule has 2 heterocycles. The fourth-order valence-corrected chi connectivity index (χ4v) is 5.51. The molecule has 0 saturated carbocycles. The third kappa shape index (κ3) is 2.45. The molecule has 134 valence electrons. The van der Waals surface area contributed by atoms with Crippen LogP contribution in [0.5, 0.6) is 0 Å². The van der Waals surface area contributed by atoms with E-state index in [2.05, 4.69) is 0 Å². The number of hydrogen-bond acceptors (Lipinski definition) is 3. The summed E-state index contributed by atoms with van der Waals surface area (Å²) in [5.74, 6) is 0.615. The van der Waals surface area contributed by atoms with Crippen LogP contribution in [0.15, 0.2) is 42.5 Å². The molecule has 1 spiro atoms. The van der Waals surface area contributed by atoms with E-state index in [0.717, 1.165) is 28.1 Å². The van der Waals surface area contributed by atoms with E-state index in [9.17, 15) is 9.59 Å². The first-order chi connectivity index (χ1) is 12.4. The molecule has 0 N–H and O–H groups in total. The van der Waals surface area contributed by atoms with E-state index in [0.29, 0.717) is 18.1 Å². The van der Waals surface area contributed by atoms with Crippen LogP contribution in [0.2, 0.25) is 5.02 Å². The normalized spacial score (nSPS) is 21.6. The minimum atomic E-state index is -0.950. The first-order valence-electron chi connectivity index (χ1n) is 8.54. The molecule has 4 nitrogen and oxygen atoms in total. The Kier molecular flexibility index (Phi) is 4.24. The highest BCUT2D eigenvalue weighted by Gasteiger charge is 2.58. The Morgan fingerprint density at radius 1 is 1.27 bits per heavy atom. The van der Waals surface area contributed by atoms with Crippen molar-refractivity contribution in [1.82, 2.24) is 4.90 Å². The molecule has 2 aromatic rings. The molecule has 26 heavy (non-hydrogen) atoms. The molecular formula is C20H19ClN2O2S. The molecule has 0 unspecified atom stereocenters. The van der Waals surface area contributed by atoms with Crippen molar-refractivity contribution in [2.75, 3.05) is 17.2 Å². The minimum Gasteiger partial charge on any atom is -0.315 e. The second-order valence-corrected chi connectivity index (χ2v) is 8.36. The Morgan fingerprint density at radius 3 is 2.77 bits per heavy atom. The molecule has 1 saturated heterocycles. The second-order valence-electron chi connectivity index (χ2n) is 6.67. The van der Waals surface area contributed by atoms with E-state index < -0.39 is 4.87 Å². The smallest absolute Gasteiger partial charge is 0.268 e. The Bertz CT molecular complexity index is 916. The van der Waals surface area contributed by atoms with E-state index in [4.69, 9.17) is 11.6 Å².